The molecule has 0 fully saturated rings. The van der Waals surface area contributed by atoms with Crippen LogP contribution in [0.25, 0.3) is 0 Å². The third-order valence-electron chi connectivity index (χ3n) is 2.90. The van der Waals surface area contributed by atoms with Crippen molar-refractivity contribution in [2.45, 2.75) is 6.92 Å². The predicted molar refractivity (Wildman–Crippen MR) is 81.5 cm³/mol. The summed E-state index contributed by atoms with van der Waals surface area (Å²) in [5.41, 5.74) is 4.53. The molecular weight excluding hydrogens is 286 g/mol. The number of nitro groups is 1. The topological polar surface area (TPSA) is 99.8 Å². The van der Waals surface area contributed by atoms with Crippen LogP contribution in [-0.4, -0.2) is 18.2 Å². The number of benzene rings is 2. The minimum Gasteiger partial charge on any atom is -0.865 e. The lowest BCUT2D eigenvalue weighted by molar-refractivity contribution is -0.398. The van der Waals surface area contributed by atoms with E-state index in [1.807, 2.05) is 31.2 Å². The Kier molecular flexibility index (Phi) is 4.57. The van der Waals surface area contributed by atoms with Gasteiger partial charge >= 0.3 is 0 Å². The number of nitrogens with zero attached hydrogens (tertiary/aromatic N) is 2. The van der Waals surface area contributed by atoms with E-state index >= 15 is 0 Å². The van der Waals surface area contributed by atoms with Crippen LogP contribution in [0.3, 0.4) is 0 Å². The van der Waals surface area contributed by atoms with Crippen LogP contribution in [-0.2, 0) is 0 Å². The minimum atomic E-state index is -0.753. The molecule has 7 heteroatoms. The molecule has 0 saturated heterocycles. The number of nitrogens with one attached hydrogen (secondary N) is 1. The van der Waals surface area contributed by atoms with Crippen molar-refractivity contribution in [1.29, 1.82) is 0 Å². The number of hydrogen-bond acceptors (Lipinski definition) is 6. The monoisotopic (exact) mass is 300 g/mol. The Hall–Kier alpha value is -3.09. The molecule has 0 unspecified atom stereocenters. The van der Waals surface area contributed by atoms with E-state index in [0.29, 0.717) is 5.56 Å². The van der Waals surface area contributed by atoms with Crippen LogP contribution in [0.1, 0.15) is 11.1 Å². The van der Waals surface area contributed by atoms with Gasteiger partial charge in [-0.2, -0.15) is 5.10 Å². The van der Waals surface area contributed by atoms with Gasteiger partial charge in [-0.15, -0.1) is 0 Å². The van der Waals surface area contributed by atoms with Crippen LogP contribution >= 0.6 is 0 Å². The zero-order chi connectivity index (χ0) is 16.1. The Balaban J connectivity index is 2.23. The van der Waals surface area contributed by atoms with Crippen LogP contribution < -0.4 is 15.3 Å². The number of ether oxygens (including phenoxy) is 1. The average Bonchev–Trinajstić information content (AvgIpc) is 2.48. The molecule has 0 radical (unpaired) electrons. The Morgan fingerprint density at radius 2 is 2.09 bits per heavy atom. The van der Waals surface area contributed by atoms with Crippen molar-refractivity contribution in [2.75, 3.05) is 12.5 Å². The van der Waals surface area contributed by atoms with E-state index in [-0.39, 0.29) is 5.75 Å². The standard InChI is InChI=1S/C15H15N3O4/c1-10-4-3-5-12(6-10)17-16-9-11-7-13(18(20)21)15(19)14(8-11)22-2/h3-9,17,19H,1-2H3/p-1/b16-9-. The Labute approximate surface area is 127 Å². The first-order valence-corrected chi connectivity index (χ1v) is 6.40. The molecule has 0 aromatic heterocycles. The fourth-order valence-electron chi connectivity index (χ4n) is 1.87. The van der Waals surface area contributed by atoms with Gasteiger partial charge in [-0.1, -0.05) is 12.1 Å². The summed E-state index contributed by atoms with van der Waals surface area (Å²) in [4.78, 5) is 10.1. The van der Waals surface area contributed by atoms with Gasteiger partial charge in [0.25, 0.3) is 5.69 Å². The molecule has 1 N–H and O–H groups in total. The zero-order valence-corrected chi connectivity index (χ0v) is 12.1. The number of hydrogen-bond donors (Lipinski definition) is 1. The summed E-state index contributed by atoms with van der Waals surface area (Å²) in [5, 5.41) is 26.6. The molecule has 0 spiro atoms. The Morgan fingerprint density at radius 1 is 1.32 bits per heavy atom. The van der Waals surface area contributed by atoms with Gasteiger partial charge in [0.15, 0.2) is 0 Å². The van der Waals surface area contributed by atoms with Crippen LogP contribution in [0.15, 0.2) is 41.5 Å². The maximum absolute atomic E-state index is 11.7. The molecule has 2 aromatic rings. The van der Waals surface area contributed by atoms with E-state index < -0.39 is 16.4 Å². The highest BCUT2D eigenvalue weighted by Gasteiger charge is 2.12. The highest BCUT2D eigenvalue weighted by molar-refractivity contribution is 5.83. The van der Waals surface area contributed by atoms with Crippen LogP contribution in [0.4, 0.5) is 11.4 Å². The molecule has 2 rings (SSSR count). The number of anilines is 1. The van der Waals surface area contributed by atoms with Gasteiger partial charge in [0, 0.05) is 17.4 Å². The highest BCUT2D eigenvalue weighted by atomic mass is 16.6. The van der Waals surface area contributed by atoms with Gasteiger partial charge in [-0.3, -0.25) is 15.5 Å². The summed E-state index contributed by atoms with van der Waals surface area (Å²) in [7, 11) is 1.28. The summed E-state index contributed by atoms with van der Waals surface area (Å²) in [6.07, 6.45) is 1.39. The normalized spacial score (nSPS) is 10.6. The number of rotatable bonds is 5. The fraction of sp³-hybridized carbons (Fsp3) is 0.133. The van der Waals surface area contributed by atoms with Crippen LogP contribution in [0.2, 0.25) is 0 Å². The highest BCUT2D eigenvalue weighted by Crippen LogP contribution is 2.33. The molecule has 0 heterocycles. The second kappa shape index (κ2) is 6.57. The van der Waals surface area contributed by atoms with Crippen molar-refractivity contribution in [1.82, 2.24) is 0 Å². The average molecular weight is 300 g/mol. The number of aryl methyl sites for hydroxylation is 1. The lowest BCUT2D eigenvalue weighted by Gasteiger charge is -2.13. The molecular formula is C15H14N3O4-. The summed E-state index contributed by atoms with van der Waals surface area (Å²) in [5.74, 6) is -0.845. The lowest BCUT2D eigenvalue weighted by atomic mass is 10.2. The summed E-state index contributed by atoms with van der Waals surface area (Å²) >= 11 is 0. The van der Waals surface area contributed by atoms with Crippen LogP contribution in [0.5, 0.6) is 11.5 Å². The number of methoxy groups -OCH3 is 1. The van der Waals surface area contributed by atoms with E-state index in [1.54, 1.807) is 0 Å². The largest absolute Gasteiger partial charge is 0.865 e. The van der Waals surface area contributed by atoms with Crippen molar-refractivity contribution in [3.8, 4) is 11.5 Å². The molecule has 2 aromatic carbocycles. The maximum Gasteiger partial charge on any atom is 0.266 e. The number of nitro benzene ring substituents is 1. The van der Waals surface area contributed by atoms with Crippen molar-refractivity contribution in [3.63, 3.8) is 0 Å². The quantitative estimate of drug-likeness (QED) is 0.519. The second-order valence-corrected chi connectivity index (χ2v) is 4.57. The first kappa shape index (κ1) is 15.3. The maximum atomic E-state index is 11.7. The first-order chi connectivity index (χ1) is 10.5. The molecule has 0 aliphatic carbocycles. The third-order valence-corrected chi connectivity index (χ3v) is 2.90. The zero-order valence-electron chi connectivity index (χ0n) is 12.1. The SMILES string of the molecule is COc1cc(/C=N\Nc2cccc(C)c2)cc([N+](=O)[O-])c1[O-]. The predicted octanol–water partition coefficient (Wildman–Crippen LogP) is 2.43. The summed E-state index contributed by atoms with van der Waals surface area (Å²) in [6, 6.07) is 10.1. The Bertz CT molecular complexity index is 729. The summed E-state index contributed by atoms with van der Waals surface area (Å²) < 4.78 is 4.86. The van der Waals surface area contributed by atoms with Gasteiger partial charge < -0.3 is 9.84 Å². The van der Waals surface area contributed by atoms with Gasteiger partial charge in [0.2, 0.25) is 0 Å². The van der Waals surface area contributed by atoms with Crippen molar-refractivity contribution < 1.29 is 14.8 Å². The molecule has 0 aliphatic heterocycles. The third kappa shape index (κ3) is 3.51. The molecule has 0 atom stereocenters. The van der Waals surface area contributed by atoms with Crippen LogP contribution in [0, 0.1) is 17.0 Å². The van der Waals surface area contributed by atoms with E-state index in [4.69, 9.17) is 4.74 Å². The van der Waals surface area contributed by atoms with Crippen molar-refractivity contribution in [2.24, 2.45) is 5.10 Å². The molecule has 0 bridgehead atoms. The molecule has 7 nitrogen and oxygen atoms in total. The molecule has 0 aliphatic rings. The van der Waals surface area contributed by atoms with Gasteiger partial charge in [-0.25, -0.2) is 0 Å². The van der Waals surface area contributed by atoms with E-state index in [9.17, 15) is 15.2 Å². The lowest BCUT2D eigenvalue weighted by Crippen LogP contribution is -2.02. The molecule has 22 heavy (non-hydrogen) atoms. The van der Waals surface area contributed by atoms with E-state index in [0.717, 1.165) is 17.3 Å². The smallest absolute Gasteiger partial charge is 0.266 e. The van der Waals surface area contributed by atoms with Crippen molar-refractivity contribution >= 4 is 17.6 Å². The van der Waals surface area contributed by atoms with Gasteiger partial charge in [0.1, 0.15) is 5.75 Å². The summed E-state index contributed by atoms with van der Waals surface area (Å²) in [6.45, 7) is 1.95. The van der Waals surface area contributed by atoms with Gasteiger partial charge in [0.05, 0.1) is 23.9 Å². The minimum absolute atomic E-state index is 0.0915. The van der Waals surface area contributed by atoms with Crippen molar-refractivity contribution in [3.05, 3.63) is 57.6 Å². The first-order valence-electron chi connectivity index (χ1n) is 6.40. The van der Waals surface area contributed by atoms with E-state index in [1.165, 1.54) is 19.4 Å². The van der Waals surface area contributed by atoms with Gasteiger partial charge in [-0.05, 0) is 30.7 Å². The number of hydrazone groups is 1. The molecule has 0 saturated carbocycles. The Morgan fingerprint density at radius 3 is 2.73 bits per heavy atom. The van der Waals surface area contributed by atoms with E-state index in [2.05, 4.69) is 10.5 Å². The molecule has 0 amide bonds. The second-order valence-electron chi connectivity index (χ2n) is 4.57. The fourth-order valence-corrected chi connectivity index (χ4v) is 1.87. The molecule has 114 valence electrons.